The Morgan fingerprint density at radius 3 is 1.77 bits per heavy atom. The first-order valence-electron chi connectivity index (χ1n) is 14.2. The summed E-state index contributed by atoms with van der Waals surface area (Å²) < 4.78 is 6.15. The normalized spacial score (nSPS) is 22.0. The van der Waals surface area contributed by atoms with E-state index in [-0.39, 0.29) is 16.2 Å². The fraction of sp³-hybridized carbons (Fsp3) is 0.306. The fourth-order valence-corrected chi connectivity index (χ4v) is 10.5. The number of ether oxygens (including phenoxy) is 1. The van der Waals surface area contributed by atoms with E-state index in [0.717, 1.165) is 25.3 Å². The predicted octanol–water partition coefficient (Wildman–Crippen LogP) is 6.87. The maximum absolute atomic E-state index is 6.15. The van der Waals surface area contributed by atoms with Crippen molar-refractivity contribution in [3.05, 3.63) is 125 Å². The summed E-state index contributed by atoms with van der Waals surface area (Å²) in [5.74, 6) is 0.834. The minimum atomic E-state index is -0.734. The van der Waals surface area contributed by atoms with E-state index in [1.165, 1.54) is 38.2 Å². The van der Waals surface area contributed by atoms with Gasteiger partial charge in [-0.05, 0) is 75.8 Å². The van der Waals surface area contributed by atoms with Gasteiger partial charge in [-0.3, -0.25) is 0 Å². The highest BCUT2D eigenvalue weighted by Gasteiger charge is 2.58. The molecular formula is C36H36NOP. The quantitative estimate of drug-likeness (QED) is 0.265. The van der Waals surface area contributed by atoms with Gasteiger partial charge in [0.1, 0.15) is 6.61 Å². The van der Waals surface area contributed by atoms with Crippen LogP contribution in [-0.2, 0) is 21.0 Å². The highest BCUT2D eigenvalue weighted by molar-refractivity contribution is 7.79. The van der Waals surface area contributed by atoms with E-state index >= 15 is 0 Å². The second kappa shape index (κ2) is 8.90. The molecule has 2 nitrogen and oxygen atoms in total. The van der Waals surface area contributed by atoms with E-state index in [0.29, 0.717) is 6.61 Å². The van der Waals surface area contributed by atoms with Crippen molar-refractivity contribution in [3.8, 4) is 0 Å². The maximum Gasteiger partial charge on any atom is 0.216 e. The van der Waals surface area contributed by atoms with E-state index < -0.39 is 7.92 Å². The molecule has 0 aromatic heterocycles. The lowest BCUT2D eigenvalue weighted by atomic mass is 9.71. The zero-order valence-corrected chi connectivity index (χ0v) is 24.3. The number of nitrogens with zero attached hydrogens (tertiary/aromatic N) is 1. The number of benzene rings is 4. The lowest BCUT2D eigenvalue weighted by Gasteiger charge is -2.34. The Balaban J connectivity index is 1.56. The van der Waals surface area contributed by atoms with Gasteiger partial charge < -0.3 is 4.74 Å². The third-order valence-corrected chi connectivity index (χ3v) is 11.6. The van der Waals surface area contributed by atoms with Crippen molar-refractivity contribution in [1.82, 2.24) is 0 Å². The van der Waals surface area contributed by atoms with E-state index in [4.69, 9.17) is 9.73 Å². The van der Waals surface area contributed by atoms with E-state index in [2.05, 4.69) is 125 Å². The van der Waals surface area contributed by atoms with Gasteiger partial charge in [-0.1, -0.05) is 119 Å². The molecule has 196 valence electrons. The number of aliphatic imine (C=N–C) groups is 1. The summed E-state index contributed by atoms with van der Waals surface area (Å²) in [6, 6.07) is 36.3. The lowest BCUT2D eigenvalue weighted by molar-refractivity contribution is 0.341. The molecule has 0 radical (unpaired) electrons. The summed E-state index contributed by atoms with van der Waals surface area (Å²) in [4.78, 5) is 4.83. The molecule has 0 amide bonds. The number of hydrogen-bond acceptors (Lipinski definition) is 2. The molecule has 2 aliphatic carbocycles. The van der Waals surface area contributed by atoms with Crippen LogP contribution in [0.5, 0.6) is 0 Å². The first kappa shape index (κ1) is 24.8. The molecule has 4 aromatic rings. The fourth-order valence-electron chi connectivity index (χ4n) is 7.92. The molecule has 0 N–H and O–H groups in total. The Bertz CT molecular complexity index is 1540. The van der Waals surface area contributed by atoms with Gasteiger partial charge in [0, 0.05) is 11.0 Å². The van der Waals surface area contributed by atoms with E-state index in [1.54, 1.807) is 5.56 Å². The summed E-state index contributed by atoms with van der Waals surface area (Å²) in [5.41, 5.74) is 7.21. The monoisotopic (exact) mass is 529 g/mol. The Morgan fingerprint density at radius 1 is 0.641 bits per heavy atom. The minimum absolute atomic E-state index is 0.0531. The zero-order valence-electron chi connectivity index (χ0n) is 23.4. The molecule has 0 unspecified atom stereocenters. The van der Waals surface area contributed by atoms with Crippen LogP contribution >= 0.6 is 7.92 Å². The predicted molar refractivity (Wildman–Crippen MR) is 165 cm³/mol. The summed E-state index contributed by atoms with van der Waals surface area (Å²) in [6.07, 6.45) is 2.19. The topological polar surface area (TPSA) is 21.6 Å². The summed E-state index contributed by atoms with van der Waals surface area (Å²) in [5, 5.41) is 4.31. The van der Waals surface area contributed by atoms with Crippen LogP contribution in [0.3, 0.4) is 0 Å². The van der Waals surface area contributed by atoms with Crippen LogP contribution in [0.4, 0.5) is 0 Å². The van der Waals surface area contributed by atoms with Crippen LogP contribution in [0.2, 0.25) is 0 Å². The second-order valence-electron chi connectivity index (χ2n) is 12.7. The van der Waals surface area contributed by atoms with Gasteiger partial charge in [0.15, 0.2) is 0 Å². The maximum atomic E-state index is 6.15. The van der Waals surface area contributed by atoms with Gasteiger partial charge >= 0.3 is 0 Å². The van der Waals surface area contributed by atoms with Gasteiger partial charge in [0.2, 0.25) is 5.90 Å². The first-order valence-corrected chi connectivity index (χ1v) is 15.5. The van der Waals surface area contributed by atoms with Gasteiger partial charge in [-0.2, -0.15) is 0 Å². The standard InChI is InChI=1S/C36H36NOP/c1-34(2)23-36(31-27(17-11-18-28(31)34)33-37-21-22-38-33)24-35(3,4)29-19-12-20-30(32(29)36)39(25-13-7-5-8-14-25)26-15-9-6-10-16-26/h5-20H,21-24H2,1-4H3/t36-/m0/s1. The Labute approximate surface area is 233 Å². The number of fused-ring (bicyclic) bond motifs is 4. The molecule has 1 spiro atoms. The largest absolute Gasteiger partial charge is 0.476 e. The number of hydrogen-bond donors (Lipinski definition) is 0. The molecule has 0 saturated carbocycles. The van der Waals surface area contributed by atoms with E-state index in [9.17, 15) is 0 Å². The first-order chi connectivity index (χ1) is 18.8. The highest BCUT2D eigenvalue weighted by Crippen LogP contribution is 2.64. The Morgan fingerprint density at radius 2 is 1.21 bits per heavy atom. The molecule has 3 heteroatoms. The molecule has 1 aliphatic heterocycles. The molecule has 4 aromatic carbocycles. The molecule has 39 heavy (non-hydrogen) atoms. The molecule has 0 saturated heterocycles. The molecule has 0 bridgehead atoms. The minimum Gasteiger partial charge on any atom is -0.476 e. The summed E-state index contributed by atoms with van der Waals surface area (Å²) in [7, 11) is -0.734. The second-order valence-corrected chi connectivity index (χ2v) is 14.9. The highest BCUT2D eigenvalue weighted by atomic mass is 31.1. The molecule has 0 fully saturated rings. The third-order valence-electron chi connectivity index (χ3n) is 9.10. The number of rotatable bonds is 4. The van der Waals surface area contributed by atoms with Crippen LogP contribution in [-0.4, -0.2) is 19.0 Å². The van der Waals surface area contributed by atoms with Gasteiger partial charge in [-0.25, -0.2) is 4.99 Å². The zero-order chi connectivity index (χ0) is 26.8. The van der Waals surface area contributed by atoms with Crippen molar-refractivity contribution in [1.29, 1.82) is 0 Å². The Hall–Kier alpha value is -3.22. The van der Waals surface area contributed by atoms with Crippen LogP contribution in [0.15, 0.2) is 102 Å². The van der Waals surface area contributed by atoms with Crippen molar-refractivity contribution in [2.45, 2.75) is 56.8 Å². The molecule has 3 aliphatic rings. The van der Waals surface area contributed by atoms with Gasteiger partial charge in [0.05, 0.1) is 6.54 Å². The van der Waals surface area contributed by atoms with Crippen LogP contribution in [0.25, 0.3) is 0 Å². The van der Waals surface area contributed by atoms with Crippen molar-refractivity contribution in [2.75, 3.05) is 13.2 Å². The van der Waals surface area contributed by atoms with Gasteiger partial charge in [0.25, 0.3) is 0 Å². The molecule has 1 heterocycles. The summed E-state index contributed by atoms with van der Waals surface area (Å²) in [6.45, 7) is 11.2. The van der Waals surface area contributed by atoms with Crippen molar-refractivity contribution < 1.29 is 4.74 Å². The summed E-state index contributed by atoms with van der Waals surface area (Å²) >= 11 is 0. The average Bonchev–Trinajstić information content (AvgIpc) is 3.61. The smallest absolute Gasteiger partial charge is 0.216 e. The SMILES string of the molecule is CC1(C)C[C@]2(CC(C)(C)c3cccc(P(c4ccccc4)c4ccccc4)c32)c2c(C3=NCCO3)cccc21. The van der Waals surface area contributed by atoms with Gasteiger partial charge in [-0.15, -0.1) is 0 Å². The van der Waals surface area contributed by atoms with Crippen LogP contribution < -0.4 is 15.9 Å². The Kier molecular flexibility index (Phi) is 5.66. The molecule has 7 rings (SSSR count). The third kappa shape index (κ3) is 3.75. The van der Waals surface area contributed by atoms with E-state index in [1.807, 2.05) is 0 Å². The van der Waals surface area contributed by atoms with Crippen molar-refractivity contribution in [3.63, 3.8) is 0 Å². The average molecular weight is 530 g/mol. The van der Waals surface area contributed by atoms with Crippen molar-refractivity contribution >= 4 is 29.7 Å². The molecular weight excluding hydrogens is 493 g/mol. The lowest BCUT2D eigenvalue weighted by Crippen LogP contribution is -2.34. The molecule has 1 atom stereocenters. The van der Waals surface area contributed by atoms with Crippen molar-refractivity contribution in [2.24, 2.45) is 4.99 Å². The van der Waals surface area contributed by atoms with Crippen LogP contribution in [0.1, 0.15) is 68.4 Å². The van der Waals surface area contributed by atoms with Crippen LogP contribution in [0, 0.1) is 0 Å².